The topological polar surface area (TPSA) is 94.3 Å². The molecule has 0 saturated carbocycles. The molecule has 100 valence electrons. The van der Waals surface area contributed by atoms with Crippen LogP contribution in [0.2, 0.25) is 4.34 Å². The van der Waals surface area contributed by atoms with E-state index in [-0.39, 0.29) is 18.9 Å². The van der Waals surface area contributed by atoms with E-state index in [1.165, 1.54) is 6.92 Å². The summed E-state index contributed by atoms with van der Waals surface area (Å²) in [6, 6.07) is -0.804. The minimum atomic E-state index is -0.804. The van der Waals surface area contributed by atoms with Crippen molar-refractivity contribution in [3.05, 3.63) is 10.0 Å². The molecule has 1 unspecified atom stereocenters. The van der Waals surface area contributed by atoms with Crippen LogP contribution >= 0.6 is 22.9 Å². The number of nitrogens with two attached hydrogens (primary N) is 1. The van der Waals surface area contributed by atoms with Gasteiger partial charge >= 0.3 is 5.97 Å². The summed E-state index contributed by atoms with van der Waals surface area (Å²) in [5, 5.41) is 2.82. The average molecular weight is 292 g/mol. The number of hydrogen-bond donors (Lipinski definition) is 2. The van der Waals surface area contributed by atoms with Crippen LogP contribution in [0.5, 0.6) is 0 Å². The van der Waals surface area contributed by atoms with Crippen LogP contribution in [0.3, 0.4) is 0 Å². The van der Waals surface area contributed by atoms with E-state index in [2.05, 4.69) is 10.3 Å². The van der Waals surface area contributed by atoms with E-state index < -0.39 is 12.0 Å². The van der Waals surface area contributed by atoms with Gasteiger partial charge in [-0.15, -0.1) is 0 Å². The molecule has 1 aromatic heterocycles. The Labute approximate surface area is 113 Å². The van der Waals surface area contributed by atoms with Crippen molar-refractivity contribution in [2.75, 3.05) is 12.3 Å². The molecule has 0 spiro atoms. The molecule has 0 fully saturated rings. The zero-order valence-corrected chi connectivity index (χ0v) is 11.6. The molecule has 1 atom stereocenters. The summed E-state index contributed by atoms with van der Waals surface area (Å²) in [6.07, 6.45) is 0.158. The maximum atomic E-state index is 11.7. The molecule has 6 nitrogen and oxygen atoms in total. The average Bonchev–Trinajstić information content (AvgIpc) is 2.56. The lowest BCUT2D eigenvalue weighted by molar-refractivity contribution is -0.147. The summed E-state index contributed by atoms with van der Waals surface area (Å²) in [5.41, 5.74) is 5.99. The van der Waals surface area contributed by atoms with Gasteiger partial charge in [-0.05, 0) is 6.92 Å². The predicted octanol–water partition coefficient (Wildman–Crippen LogP) is 0.989. The summed E-state index contributed by atoms with van der Waals surface area (Å²) in [5.74, 6) is -0.845. The first-order chi connectivity index (χ1) is 8.43. The Morgan fingerprint density at radius 2 is 2.28 bits per heavy atom. The van der Waals surface area contributed by atoms with Gasteiger partial charge in [-0.1, -0.05) is 22.9 Å². The maximum absolute atomic E-state index is 11.7. The Morgan fingerprint density at radius 1 is 1.61 bits per heavy atom. The fourth-order valence-electron chi connectivity index (χ4n) is 1.35. The van der Waals surface area contributed by atoms with Crippen molar-refractivity contribution in [3.8, 4) is 0 Å². The van der Waals surface area contributed by atoms with E-state index >= 15 is 0 Å². The maximum Gasteiger partial charge on any atom is 0.329 e. The first-order valence-electron chi connectivity index (χ1n) is 5.28. The summed E-state index contributed by atoms with van der Waals surface area (Å²) >= 11 is 7.04. The van der Waals surface area contributed by atoms with Gasteiger partial charge in [-0.2, -0.15) is 0 Å². The smallest absolute Gasteiger partial charge is 0.329 e. The molecular formula is C10H14ClN3O3S. The Balaban J connectivity index is 2.80. The minimum Gasteiger partial charge on any atom is -0.464 e. The Morgan fingerprint density at radius 3 is 2.72 bits per heavy atom. The molecule has 1 heterocycles. The van der Waals surface area contributed by atoms with Gasteiger partial charge < -0.3 is 15.8 Å². The number of halogens is 1. The zero-order chi connectivity index (χ0) is 13.7. The number of anilines is 1. The van der Waals surface area contributed by atoms with Gasteiger partial charge in [0.2, 0.25) is 5.91 Å². The molecule has 0 saturated heterocycles. The second-order valence-electron chi connectivity index (χ2n) is 3.48. The van der Waals surface area contributed by atoms with E-state index in [1.54, 1.807) is 6.92 Å². The fraction of sp³-hybridized carbons (Fsp3) is 0.500. The number of thiazole rings is 1. The number of carbonyl (C=O) groups excluding carboxylic acids is 2. The van der Waals surface area contributed by atoms with Crippen molar-refractivity contribution in [1.82, 2.24) is 10.3 Å². The lowest BCUT2D eigenvalue weighted by atomic mass is 10.1. The molecule has 0 aliphatic rings. The largest absolute Gasteiger partial charge is 0.464 e. The quantitative estimate of drug-likeness (QED) is 0.789. The van der Waals surface area contributed by atoms with E-state index in [0.29, 0.717) is 15.2 Å². The minimum absolute atomic E-state index is 0.158. The van der Waals surface area contributed by atoms with Gasteiger partial charge in [0.15, 0.2) is 5.13 Å². The van der Waals surface area contributed by atoms with Crippen LogP contribution in [0.1, 0.15) is 19.5 Å². The second-order valence-corrected chi connectivity index (χ2v) is 5.11. The highest BCUT2D eigenvalue weighted by Gasteiger charge is 2.24. The SMILES string of the molecule is CCOC(=O)C(Cc1nc(N)sc1Cl)NC(C)=O. The number of rotatable bonds is 5. The van der Waals surface area contributed by atoms with Crippen LogP contribution in [0.25, 0.3) is 0 Å². The Kier molecular flexibility index (Phi) is 5.36. The molecule has 1 aromatic rings. The number of nitrogen functional groups attached to an aromatic ring is 1. The molecule has 3 N–H and O–H groups in total. The second kappa shape index (κ2) is 6.55. The van der Waals surface area contributed by atoms with Crippen LogP contribution in [-0.2, 0) is 20.7 Å². The van der Waals surface area contributed by atoms with E-state index in [9.17, 15) is 9.59 Å². The third-order valence-corrected chi connectivity index (χ3v) is 3.18. The van der Waals surface area contributed by atoms with Gasteiger partial charge in [0.05, 0.1) is 12.3 Å². The third-order valence-electron chi connectivity index (χ3n) is 2.01. The number of ether oxygens (including phenoxy) is 1. The molecule has 1 amide bonds. The predicted molar refractivity (Wildman–Crippen MR) is 69.5 cm³/mol. The van der Waals surface area contributed by atoms with Gasteiger partial charge in [0.25, 0.3) is 0 Å². The highest BCUT2D eigenvalue weighted by atomic mass is 35.5. The van der Waals surface area contributed by atoms with E-state index in [0.717, 1.165) is 11.3 Å². The lowest BCUT2D eigenvalue weighted by Gasteiger charge is -2.15. The number of amides is 1. The van der Waals surface area contributed by atoms with Crippen molar-refractivity contribution in [3.63, 3.8) is 0 Å². The molecule has 0 aliphatic carbocycles. The summed E-state index contributed by atoms with van der Waals surface area (Å²) < 4.78 is 5.28. The highest BCUT2D eigenvalue weighted by molar-refractivity contribution is 7.19. The summed E-state index contributed by atoms with van der Waals surface area (Å²) in [7, 11) is 0. The number of carbonyl (C=O) groups is 2. The van der Waals surface area contributed by atoms with Crippen LogP contribution in [0, 0.1) is 0 Å². The fourth-order valence-corrected chi connectivity index (χ4v) is 2.29. The summed E-state index contributed by atoms with van der Waals surface area (Å²) in [4.78, 5) is 26.7. The van der Waals surface area contributed by atoms with Crippen LogP contribution in [0.4, 0.5) is 5.13 Å². The van der Waals surface area contributed by atoms with Crippen molar-refractivity contribution in [2.24, 2.45) is 0 Å². The number of hydrogen-bond acceptors (Lipinski definition) is 6. The molecular weight excluding hydrogens is 278 g/mol. The molecule has 0 bridgehead atoms. The number of nitrogens with zero attached hydrogens (tertiary/aromatic N) is 1. The van der Waals surface area contributed by atoms with Crippen molar-refractivity contribution in [1.29, 1.82) is 0 Å². The number of esters is 1. The Bertz CT molecular complexity index is 450. The third kappa shape index (κ3) is 4.15. The molecule has 0 aliphatic heterocycles. The standard InChI is InChI=1S/C10H14ClN3O3S/c1-3-17-9(16)7(13-5(2)15)4-6-8(11)18-10(12)14-6/h7H,3-4H2,1-2H3,(H2,12,14)(H,13,15). The molecule has 0 aromatic carbocycles. The van der Waals surface area contributed by atoms with Crippen molar-refractivity contribution < 1.29 is 14.3 Å². The molecule has 1 rings (SSSR count). The molecule has 8 heteroatoms. The van der Waals surface area contributed by atoms with Crippen LogP contribution < -0.4 is 11.1 Å². The van der Waals surface area contributed by atoms with Gasteiger partial charge in [-0.3, -0.25) is 4.79 Å². The molecule has 18 heavy (non-hydrogen) atoms. The van der Waals surface area contributed by atoms with Gasteiger partial charge in [0, 0.05) is 13.3 Å². The summed E-state index contributed by atoms with van der Waals surface area (Å²) in [6.45, 7) is 3.25. The van der Waals surface area contributed by atoms with Gasteiger partial charge in [0.1, 0.15) is 10.4 Å². The normalized spacial score (nSPS) is 11.9. The van der Waals surface area contributed by atoms with Gasteiger partial charge in [-0.25, -0.2) is 9.78 Å². The number of nitrogens with one attached hydrogen (secondary N) is 1. The zero-order valence-electron chi connectivity index (χ0n) is 10.0. The van der Waals surface area contributed by atoms with Crippen molar-refractivity contribution >= 4 is 39.9 Å². The first kappa shape index (κ1) is 14.7. The Hall–Kier alpha value is -1.34. The van der Waals surface area contributed by atoms with Crippen molar-refractivity contribution in [2.45, 2.75) is 26.3 Å². The monoisotopic (exact) mass is 291 g/mol. The lowest BCUT2D eigenvalue weighted by Crippen LogP contribution is -2.42. The van der Waals surface area contributed by atoms with Crippen LogP contribution in [-0.4, -0.2) is 29.5 Å². The van der Waals surface area contributed by atoms with Crippen LogP contribution in [0.15, 0.2) is 0 Å². The van der Waals surface area contributed by atoms with E-state index in [1.807, 2.05) is 0 Å². The number of aromatic nitrogens is 1. The highest BCUT2D eigenvalue weighted by Crippen LogP contribution is 2.26. The first-order valence-corrected chi connectivity index (χ1v) is 6.47. The molecule has 0 radical (unpaired) electrons. The van der Waals surface area contributed by atoms with E-state index in [4.69, 9.17) is 22.1 Å².